The molecule has 1 aliphatic heterocycles. The van der Waals surface area contributed by atoms with E-state index in [1.165, 1.54) is 14.2 Å². The Kier molecular flexibility index (Phi) is 6.49. The van der Waals surface area contributed by atoms with Crippen LogP contribution in [0.5, 0.6) is 5.75 Å². The van der Waals surface area contributed by atoms with E-state index in [0.717, 1.165) is 5.56 Å². The number of nitrogens with zero attached hydrogens (tertiary/aromatic N) is 1. The van der Waals surface area contributed by atoms with Crippen LogP contribution in [0.4, 0.5) is 0 Å². The van der Waals surface area contributed by atoms with Gasteiger partial charge < -0.3 is 19.5 Å². The molecule has 0 saturated heterocycles. The summed E-state index contributed by atoms with van der Waals surface area (Å²) in [5.41, 5.74) is 3.21. The molecule has 8 heteroatoms. The highest BCUT2D eigenvalue weighted by molar-refractivity contribution is 6.13. The van der Waals surface area contributed by atoms with E-state index in [1.54, 1.807) is 50.6 Å². The molecule has 1 aromatic carbocycles. The molecule has 0 fully saturated rings. The van der Waals surface area contributed by atoms with Crippen LogP contribution in [-0.4, -0.2) is 44.0 Å². The Hall–Kier alpha value is -3.94. The second-order valence-electron chi connectivity index (χ2n) is 8.18. The van der Waals surface area contributed by atoms with Crippen LogP contribution < -0.4 is 10.1 Å². The number of methoxy groups -OCH3 is 3. The molecule has 176 valence electrons. The molecular weight excluding hydrogens is 436 g/mol. The van der Waals surface area contributed by atoms with Gasteiger partial charge in [0, 0.05) is 29.1 Å². The number of hydrogen-bond donors (Lipinski definition) is 1. The van der Waals surface area contributed by atoms with Gasteiger partial charge >= 0.3 is 11.9 Å². The fourth-order valence-corrected chi connectivity index (χ4v) is 4.82. The Morgan fingerprint density at radius 3 is 2.35 bits per heavy atom. The van der Waals surface area contributed by atoms with Gasteiger partial charge in [-0.15, -0.1) is 0 Å². The number of ketones is 1. The number of dihydropyridines is 1. The van der Waals surface area contributed by atoms with Gasteiger partial charge in [0.2, 0.25) is 0 Å². The molecule has 2 aromatic rings. The number of esters is 2. The van der Waals surface area contributed by atoms with Crippen LogP contribution in [0.25, 0.3) is 0 Å². The van der Waals surface area contributed by atoms with E-state index in [0.29, 0.717) is 40.4 Å². The Morgan fingerprint density at radius 2 is 1.76 bits per heavy atom. The van der Waals surface area contributed by atoms with E-state index in [2.05, 4.69) is 10.3 Å². The minimum atomic E-state index is -1.07. The van der Waals surface area contributed by atoms with E-state index in [9.17, 15) is 14.4 Å². The molecule has 2 aliphatic rings. The molecule has 0 saturated carbocycles. The van der Waals surface area contributed by atoms with Crippen molar-refractivity contribution < 1.29 is 28.6 Å². The predicted octanol–water partition coefficient (Wildman–Crippen LogP) is 3.02. The average Bonchev–Trinajstić information content (AvgIpc) is 2.87. The zero-order valence-corrected chi connectivity index (χ0v) is 19.5. The molecule has 1 aromatic heterocycles. The quantitative estimate of drug-likeness (QED) is 0.534. The highest BCUT2D eigenvalue weighted by atomic mass is 16.5. The molecule has 8 nitrogen and oxygen atoms in total. The van der Waals surface area contributed by atoms with Crippen molar-refractivity contribution in [1.82, 2.24) is 10.3 Å². The van der Waals surface area contributed by atoms with Crippen LogP contribution in [0.15, 0.2) is 71.2 Å². The van der Waals surface area contributed by atoms with Gasteiger partial charge in [0.1, 0.15) is 11.7 Å². The molecule has 3 atom stereocenters. The molecule has 2 heterocycles. The largest absolute Gasteiger partial charge is 0.497 e. The summed E-state index contributed by atoms with van der Waals surface area (Å²) in [6, 6.07) is 12.6. The summed E-state index contributed by atoms with van der Waals surface area (Å²) < 4.78 is 15.3. The minimum Gasteiger partial charge on any atom is -0.497 e. The van der Waals surface area contributed by atoms with E-state index < -0.39 is 35.5 Å². The van der Waals surface area contributed by atoms with Crippen molar-refractivity contribution in [2.45, 2.75) is 25.2 Å². The summed E-state index contributed by atoms with van der Waals surface area (Å²) in [6.07, 6.45) is 1.98. The fraction of sp³-hybridized carbons (Fsp3) is 0.308. The maximum atomic E-state index is 14.0. The summed E-state index contributed by atoms with van der Waals surface area (Å²) in [7, 11) is 4.14. The molecule has 34 heavy (non-hydrogen) atoms. The van der Waals surface area contributed by atoms with Gasteiger partial charge in [-0.05, 0) is 43.2 Å². The normalized spacial score (nSPS) is 22.0. The monoisotopic (exact) mass is 462 g/mol. The van der Waals surface area contributed by atoms with Gasteiger partial charge in [-0.1, -0.05) is 18.2 Å². The second kappa shape index (κ2) is 9.51. The summed E-state index contributed by atoms with van der Waals surface area (Å²) in [6.45, 7) is 1.77. The van der Waals surface area contributed by atoms with Crippen molar-refractivity contribution in [3.05, 3.63) is 82.5 Å². The lowest BCUT2D eigenvalue weighted by Gasteiger charge is -2.39. The van der Waals surface area contributed by atoms with Crippen molar-refractivity contribution in [1.29, 1.82) is 0 Å². The highest BCUT2D eigenvalue weighted by Crippen LogP contribution is 2.47. The Bertz CT molecular complexity index is 1180. The first-order valence-electron chi connectivity index (χ1n) is 10.9. The third-order valence-corrected chi connectivity index (χ3v) is 6.41. The van der Waals surface area contributed by atoms with E-state index >= 15 is 0 Å². The third kappa shape index (κ3) is 3.96. The van der Waals surface area contributed by atoms with Gasteiger partial charge in [0.05, 0.1) is 38.5 Å². The lowest BCUT2D eigenvalue weighted by atomic mass is 9.67. The van der Waals surface area contributed by atoms with Gasteiger partial charge in [0.15, 0.2) is 5.78 Å². The zero-order valence-electron chi connectivity index (χ0n) is 19.5. The van der Waals surface area contributed by atoms with Crippen molar-refractivity contribution in [3.63, 3.8) is 0 Å². The van der Waals surface area contributed by atoms with Crippen LogP contribution >= 0.6 is 0 Å². The van der Waals surface area contributed by atoms with Gasteiger partial charge in [-0.3, -0.25) is 14.6 Å². The first-order chi connectivity index (χ1) is 16.4. The average molecular weight is 463 g/mol. The number of aromatic nitrogens is 1. The SMILES string of the molecule is COC(=O)C1=C(C)NC2=C(C(=O)[C@H](C(=O)OC)[C@H](c3ccc(OC)cc3)C2)[C@@H]1c1ccccn1. The topological polar surface area (TPSA) is 104 Å². The Morgan fingerprint density at radius 1 is 1.03 bits per heavy atom. The van der Waals surface area contributed by atoms with Crippen LogP contribution in [0, 0.1) is 5.92 Å². The zero-order chi connectivity index (χ0) is 24.4. The maximum absolute atomic E-state index is 14.0. The number of hydrogen-bond acceptors (Lipinski definition) is 8. The fourth-order valence-electron chi connectivity index (χ4n) is 4.82. The number of ether oxygens (including phenoxy) is 3. The van der Waals surface area contributed by atoms with E-state index in [4.69, 9.17) is 14.2 Å². The van der Waals surface area contributed by atoms with Gasteiger partial charge in [-0.25, -0.2) is 4.79 Å². The number of allylic oxidation sites excluding steroid dienone is 3. The molecular formula is C26H26N2O6. The number of nitrogens with one attached hydrogen (secondary N) is 1. The van der Waals surface area contributed by atoms with Crippen LogP contribution in [0.3, 0.4) is 0 Å². The number of benzene rings is 1. The molecule has 0 unspecified atom stereocenters. The summed E-state index contributed by atoms with van der Waals surface area (Å²) in [4.78, 5) is 44.1. The van der Waals surface area contributed by atoms with Gasteiger partial charge in [0.25, 0.3) is 0 Å². The number of carbonyl (C=O) groups excluding carboxylic acids is 3. The Balaban J connectivity index is 1.88. The molecule has 1 aliphatic carbocycles. The first-order valence-corrected chi connectivity index (χ1v) is 10.9. The van der Waals surface area contributed by atoms with Gasteiger partial charge in [-0.2, -0.15) is 0 Å². The third-order valence-electron chi connectivity index (χ3n) is 6.41. The van der Waals surface area contributed by atoms with Crippen molar-refractivity contribution in [3.8, 4) is 5.75 Å². The lowest BCUT2D eigenvalue weighted by molar-refractivity contribution is -0.150. The summed E-state index contributed by atoms with van der Waals surface area (Å²) >= 11 is 0. The molecule has 0 spiro atoms. The molecule has 0 bridgehead atoms. The number of Topliss-reactive ketones (excluding diaryl/α,β-unsaturated/α-hetero) is 1. The standard InChI is InChI=1S/C26H26N2O6/c1-14-20(25(30)33-3)22(18-7-5-6-12-27-18)23-19(28-14)13-17(21(24(23)29)26(31)34-4)15-8-10-16(32-2)11-9-15/h5-12,17,21-22,28H,13H2,1-4H3/t17-,21+,22+/m0/s1. The molecule has 1 N–H and O–H groups in total. The van der Waals surface area contributed by atoms with Crippen molar-refractivity contribution in [2.24, 2.45) is 5.92 Å². The number of pyridine rings is 1. The van der Waals surface area contributed by atoms with E-state index in [1.807, 2.05) is 12.1 Å². The smallest absolute Gasteiger partial charge is 0.336 e. The highest BCUT2D eigenvalue weighted by Gasteiger charge is 2.49. The maximum Gasteiger partial charge on any atom is 0.336 e. The number of rotatable bonds is 5. The summed E-state index contributed by atoms with van der Waals surface area (Å²) in [5.74, 6) is -3.19. The van der Waals surface area contributed by atoms with Crippen molar-refractivity contribution in [2.75, 3.05) is 21.3 Å². The predicted molar refractivity (Wildman–Crippen MR) is 123 cm³/mol. The molecule has 0 amide bonds. The minimum absolute atomic E-state index is 0.291. The van der Waals surface area contributed by atoms with Crippen molar-refractivity contribution >= 4 is 17.7 Å². The lowest BCUT2D eigenvalue weighted by Crippen LogP contribution is -2.43. The molecule has 0 radical (unpaired) electrons. The first kappa shape index (κ1) is 23.2. The summed E-state index contributed by atoms with van der Waals surface area (Å²) in [5, 5.41) is 3.25. The second-order valence-corrected chi connectivity index (χ2v) is 8.18. The molecule has 4 rings (SSSR count). The number of carbonyl (C=O) groups is 3. The van der Waals surface area contributed by atoms with Crippen LogP contribution in [0.1, 0.15) is 36.4 Å². The van der Waals surface area contributed by atoms with E-state index in [-0.39, 0.29) is 0 Å². The Labute approximate surface area is 197 Å². The van der Waals surface area contributed by atoms with Crippen LogP contribution in [-0.2, 0) is 23.9 Å². The van der Waals surface area contributed by atoms with Crippen LogP contribution in [0.2, 0.25) is 0 Å².